The molecule has 112 valence electrons. The standard InChI is InChI=1S/C14H19N5O2/c1-14(2,3)19(13(20)21)11-8-17-18(12(11)15)9-10-5-4-6-16-7-10/h4-8H,9,15H2,1-3H3,(H,20,21). The number of rotatable bonds is 3. The molecule has 0 bridgehead atoms. The van der Waals surface area contributed by atoms with Crippen LogP contribution in [0, 0.1) is 0 Å². The number of nitrogen functional groups attached to an aromatic ring is 1. The van der Waals surface area contributed by atoms with Crippen molar-refractivity contribution < 1.29 is 9.90 Å². The lowest BCUT2D eigenvalue weighted by atomic mass is 10.1. The Kier molecular flexibility index (Phi) is 3.84. The molecule has 0 aliphatic carbocycles. The molecule has 0 atom stereocenters. The third kappa shape index (κ3) is 3.13. The maximum Gasteiger partial charge on any atom is 0.412 e. The zero-order chi connectivity index (χ0) is 15.6. The molecule has 0 saturated carbocycles. The summed E-state index contributed by atoms with van der Waals surface area (Å²) >= 11 is 0. The maximum absolute atomic E-state index is 11.5. The van der Waals surface area contributed by atoms with Crippen LogP contribution in [0.2, 0.25) is 0 Å². The van der Waals surface area contributed by atoms with Gasteiger partial charge in [0, 0.05) is 17.9 Å². The number of nitrogens with zero attached hydrogens (tertiary/aromatic N) is 4. The van der Waals surface area contributed by atoms with Crippen molar-refractivity contribution >= 4 is 17.6 Å². The number of pyridine rings is 1. The first-order valence-corrected chi connectivity index (χ1v) is 6.54. The lowest BCUT2D eigenvalue weighted by Gasteiger charge is -2.32. The van der Waals surface area contributed by atoms with Gasteiger partial charge in [0.25, 0.3) is 0 Å². The number of hydrogen-bond acceptors (Lipinski definition) is 4. The highest BCUT2D eigenvalue weighted by Gasteiger charge is 2.31. The Morgan fingerprint density at radius 3 is 2.67 bits per heavy atom. The van der Waals surface area contributed by atoms with Crippen LogP contribution in [0.25, 0.3) is 0 Å². The molecule has 7 nitrogen and oxygen atoms in total. The minimum Gasteiger partial charge on any atom is -0.465 e. The summed E-state index contributed by atoms with van der Waals surface area (Å²) in [6.07, 6.45) is 3.83. The Balaban J connectivity index is 2.34. The van der Waals surface area contributed by atoms with Crippen LogP contribution >= 0.6 is 0 Å². The van der Waals surface area contributed by atoms with Crippen molar-refractivity contribution in [1.82, 2.24) is 14.8 Å². The first-order valence-electron chi connectivity index (χ1n) is 6.54. The van der Waals surface area contributed by atoms with E-state index in [0.29, 0.717) is 18.1 Å². The second-order valence-electron chi connectivity index (χ2n) is 5.72. The first kappa shape index (κ1) is 14.8. The molecule has 0 unspecified atom stereocenters. The molecule has 1 amide bonds. The van der Waals surface area contributed by atoms with E-state index >= 15 is 0 Å². The van der Waals surface area contributed by atoms with Gasteiger partial charge < -0.3 is 10.8 Å². The van der Waals surface area contributed by atoms with E-state index in [1.807, 2.05) is 12.1 Å². The Morgan fingerprint density at radius 2 is 2.14 bits per heavy atom. The van der Waals surface area contributed by atoms with Crippen LogP contribution in [0.1, 0.15) is 26.3 Å². The zero-order valence-corrected chi connectivity index (χ0v) is 12.3. The van der Waals surface area contributed by atoms with Gasteiger partial charge in [0.2, 0.25) is 0 Å². The van der Waals surface area contributed by atoms with E-state index in [1.54, 1.807) is 37.8 Å². The van der Waals surface area contributed by atoms with E-state index in [1.165, 1.54) is 11.1 Å². The minimum atomic E-state index is -1.06. The highest BCUT2D eigenvalue weighted by atomic mass is 16.4. The maximum atomic E-state index is 11.5. The summed E-state index contributed by atoms with van der Waals surface area (Å²) in [7, 11) is 0. The molecule has 2 aromatic heterocycles. The van der Waals surface area contributed by atoms with Gasteiger partial charge in [-0.3, -0.25) is 9.88 Å². The average molecular weight is 289 g/mol. The van der Waals surface area contributed by atoms with Crippen LogP contribution < -0.4 is 10.6 Å². The zero-order valence-electron chi connectivity index (χ0n) is 12.3. The van der Waals surface area contributed by atoms with Crippen molar-refractivity contribution in [1.29, 1.82) is 0 Å². The molecule has 21 heavy (non-hydrogen) atoms. The lowest BCUT2D eigenvalue weighted by Crippen LogP contribution is -2.45. The molecule has 0 radical (unpaired) electrons. The van der Waals surface area contributed by atoms with E-state index in [4.69, 9.17) is 5.73 Å². The van der Waals surface area contributed by atoms with Crippen LogP contribution in [0.4, 0.5) is 16.3 Å². The van der Waals surface area contributed by atoms with Gasteiger partial charge in [-0.15, -0.1) is 0 Å². The summed E-state index contributed by atoms with van der Waals surface area (Å²) in [5, 5.41) is 13.6. The van der Waals surface area contributed by atoms with Crippen LogP contribution in [-0.2, 0) is 6.54 Å². The van der Waals surface area contributed by atoms with Crippen molar-refractivity contribution in [3.8, 4) is 0 Å². The van der Waals surface area contributed by atoms with Gasteiger partial charge in [0.05, 0.1) is 12.7 Å². The van der Waals surface area contributed by atoms with Gasteiger partial charge in [0.1, 0.15) is 11.5 Å². The van der Waals surface area contributed by atoms with Crippen molar-refractivity contribution in [2.75, 3.05) is 10.6 Å². The predicted octanol–water partition coefficient (Wildman–Crippen LogP) is 2.19. The van der Waals surface area contributed by atoms with Gasteiger partial charge in [-0.25, -0.2) is 9.48 Å². The summed E-state index contributed by atoms with van der Waals surface area (Å²) in [4.78, 5) is 16.7. The molecule has 0 saturated heterocycles. The smallest absolute Gasteiger partial charge is 0.412 e. The first-order chi connectivity index (χ1) is 9.80. The largest absolute Gasteiger partial charge is 0.465 e. The summed E-state index contributed by atoms with van der Waals surface area (Å²) < 4.78 is 1.56. The molecule has 7 heteroatoms. The molecule has 0 aromatic carbocycles. The summed E-state index contributed by atoms with van der Waals surface area (Å²) in [6, 6.07) is 3.74. The fourth-order valence-corrected chi connectivity index (χ4v) is 2.10. The van der Waals surface area contributed by atoms with E-state index in [0.717, 1.165) is 5.56 Å². The lowest BCUT2D eigenvalue weighted by molar-refractivity contribution is 0.195. The van der Waals surface area contributed by atoms with Crippen molar-refractivity contribution in [2.45, 2.75) is 32.9 Å². The number of amides is 1. The van der Waals surface area contributed by atoms with Gasteiger partial charge in [-0.1, -0.05) is 6.07 Å². The highest BCUT2D eigenvalue weighted by molar-refractivity contribution is 5.90. The van der Waals surface area contributed by atoms with Gasteiger partial charge in [0.15, 0.2) is 0 Å². The molecule has 0 aliphatic heterocycles. The Labute approximate surface area is 123 Å². The van der Waals surface area contributed by atoms with Crippen molar-refractivity contribution in [2.24, 2.45) is 0 Å². The molecule has 3 N–H and O–H groups in total. The summed E-state index contributed by atoms with van der Waals surface area (Å²) in [5.41, 5.74) is 6.78. The Morgan fingerprint density at radius 1 is 1.43 bits per heavy atom. The third-order valence-electron chi connectivity index (χ3n) is 3.02. The Hall–Kier alpha value is -2.57. The average Bonchev–Trinajstić information content (AvgIpc) is 2.71. The molecule has 0 fully saturated rings. The van der Waals surface area contributed by atoms with Gasteiger partial charge in [-0.05, 0) is 32.4 Å². The molecule has 0 aliphatic rings. The number of nitrogens with two attached hydrogens (primary N) is 1. The second-order valence-corrected chi connectivity index (χ2v) is 5.72. The number of anilines is 2. The highest BCUT2D eigenvalue weighted by Crippen LogP contribution is 2.29. The van der Waals surface area contributed by atoms with E-state index in [-0.39, 0.29) is 0 Å². The van der Waals surface area contributed by atoms with Crippen molar-refractivity contribution in [3.05, 3.63) is 36.3 Å². The summed E-state index contributed by atoms with van der Waals surface area (Å²) in [6.45, 7) is 5.86. The molecule has 2 aromatic rings. The molecular weight excluding hydrogens is 270 g/mol. The number of hydrogen-bond donors (Lipinski definition) is 2. The van der Waals surface area contributed by atoms with E-state index in [9.17, 15) is 9.90 Å². The summed E-state index contributed by atoms with van der Waals surface area (Å²) in [5.74, 6) is 0.316. The fraction of sp³-hybridized carbons (Fsp3) is 0.357. The fourth-order valence-electron chi connectivity index (χ4n) is 2.10. The second kappa shape index (κ2) is 5.43. The predicted molar refractivity (Wildman–Crippen MR) is 80.2 cm³/mol. The normalized spacial score (nSPS) is 11.4. The molecule has 0 spiro atoms. The van der Waals surface area contributed by atoms with E-state index < -0.39 is 11.6 Å². The molecular formula is C14H19N5O2. The van der Waals surface area contributed by atoms with Gasteiger partial charge >= 0.3 is 6.09 Å². The van der Waals surface area contributed by atoms with Gasteiger partial charge in [-0.2, -0.15) is 5.10 Å². The van der Waals surface area contributed by atoms with Crippen LogP contribution in [-0.4, -0.2) is 31.5 Å². The SMILES string of the molecule is CC(C)(C)N(C(=O)O)c1cnn(Cc2cccnc2)c1N. The van der Waals surface area contributed by atoms with Crippen LogP contribution in [0.3, 0.4) is 0 Å². The Bertz CT molecular complexity index is 631. The minimum absolute atomic E-state index is 0.316. The molecule has 2 rings (SSSR count). The van der Waals surface area contributed by atoms with E-state index in [2.05, 4.69) is 10.1 Å². The number of carboxylic acid groups (broad SMARTS) is 1. The number of carbonyl (C=O) groups is 1. The quantitative estimate of drug-likeness (QED) is 0.902. The van der Waals surface area contributed by atoms with Crippen LogP contribution in [0.15, 0.2) is 30.7 Å². The number of aromatic nitrogens is 3. The van der Waals surface area contributed by atoms with Crippen LogP contribution in [0.5, 0.6) is 0 Å². The molecule has 2 heterocycles. The topological polar surface area (TPSA) is 97.3 Å². The third-order valence-corrected chi connectivity index (χ3v) is 3.02. The van der Waals surface area contributed by atoms with Crippen molar-refractivity contribution in [3.63, 3.8) is 0 Å². The monoisotopic (exact) mass is 289 g/mol.